The number of nitrogens with zero attached hydrogens (tertiary/aromatic N) is 1. The van der Waals surface area contributed by atoms with Gasteiger partial charge in [0.1, 0.15) is 5.82 Å². The molecule has 1 saturated carbocycles. The van der Waals surface area contributed by atoms with Crippen LogP contribution in [-0.2, 0) is 0 Å². The third-order valence-electron chi connectivity index (χ3n) is 7.07. The Kier molecular flexibility index (Phi) is 7.88. The minimum atomic E-state index is 0.229. The van der Waals surface area contributed by atoms with Crippen molar-refractivity contribution in [3.63, 3.8) is 0 Å². The van der Waals surface area contributed by atoms with Gasteiger partial charge in [-0.25, -0.2) is 4.98 Å². The zero-order valence-electron chi connectivity index (χ0n) is 18.7. The van der Waals surface area contributed by atoms with Crippen LogP contribution >= 0.6 is 0 Å². The molecule has 0 amide bonds. The molecular formula is C24H41N3. The maximum atomic E-state index is 8.31. The number of aromatic amines is 1. The topological polar surface area (TPSA) is 52.5 Å². The van der Waals surface area contributed by atoms with Crippen LogP contribution in [0.25, 0.3) is 0 Å². The van der Waals surface area contributed by atoms with Crippen LogP contribution in [0, 0.1) is 23.2 Å². The van der Waals surface area contributed by atoms with Gasteiger partial charge in [0.05, 0.1) is 0 Å². The Morgan fingerprint density at radius 2 is 1.89 bits per heavy atom. The summed E-state index contributed by atoms with van der Waals surface area (Å²) in [6, 6.07) is 0. The summed E-state index contributed by atoms with van der Waals surface area (Å²) in [5.41, 5.74) is 4.54. The number of H-pyrrole nitrogens is 1. The molecule has 1 aromatic heterocycles. The Morgan fingerprint density at radius 3 is 2.44 bits per heavy atom. The number of rotatable bonds is 8. The first-order chi connectivity index (χ1) is 12.8. The van der Waals surface area contributed by atoms with Crippen LogP contribution < -0.4 is 0 Å². The second kappa shape index (κ2) is 9.71. The van der Waals surface area contributed by atoms with E-state index in [2.05, 4.69) is 52.7 Å². The van der Waals surface area contributed by atoms with E-state index in [0.717, 1.165) is 30.5 Å². The fourth-order valence-electron chi connectivity index (χ4n) is 5.05. The van der Waals surface area contributed by atoms with Gasteiger partial charge in [-0.2, -0.15) is 0 Å². The lowest BCUT2D eigenvalue weighted by Gasteiger charge is -2.30. The van der Waals surface area contributed by atoms with E-state index >= 15 is 0 Å². The molecule has 3 nitrogen and oxygen atoms in total. The lowest BCUT2D eigenvalue weighted by Crippen LogP contribution is -2.19. The van der Waals surface area contributed by atoms with Crippen LogP contribution in [0.1, 0.15) is 110 Å². The Labute approximate surface area is 167 Å². The standard InChI is InChI=1S/C24H41N3/c1-8-20(9-2)23(19(7)25)16(4)17(5)24-26-14-22(27-24)18(6)21-12-10-11-15(3)13-21/h14-15,17-18,20-21,25H,8-13H2,1-7H3,(H,26,27)/b23-16+,25-19?. The van der Waals surface area contributed by atoms with Crippen molar-refractivity contribution in [2.24, 2.45) is 17.8 Å². The number of hydrogen-bond acceptors (Lipinski definition) is 2. The van der Waals surface area contributed by atoms with Crippen molar-refractivity contribution in [2.45, 2.75) is 98.8 Å². The van der Waals surface area contributed by atoms with E-state index in [9.17, 15) is 0 Å². The molecule has 2 N–H and O–H groups in total. The quantitative estimate of drug-likeness (QED) is 0.465. The van der Waals surface area contributed by atoms with E-state index in [1.807, 2.05) is 6.92 Å². The average molecular weight is 372 g/mol. The number of nitrogens with one attached hydrogen (secondary N) is 2. The van der Waals surface area contributed by atoms with Crippen LogP contribution in [0.3, 0.4) is 0 Å². The Hall–Kier alpha value is -1.38. The second-order valence-electron chi connectivity index (χ2n) is 9.00. The van der Waals surface area contributed by atoms with Gasteiger partial charge in [0, 0.05) is 29.4 Å². The summed E-state index contributed by atoms with van der Waals surface area (Å²) in [7, 11) is 0. The van der Waals surface area contributed by atoms with Crippen molar-refractivity contribution < 1.29 is 0 Å². The molecule has 0 spiro atoms. The third-order valence-corrected chi connectivity index (χ3v) is 7.07. The monoisotopic (exact) mass is 371 g/mol. The van der Waals surface area contributed by atoms with Crippen molar-refractivity contribution in [3.05, 3.63) is 28.9 Å². The number of allylic oxidation sites excluding steroid dienone is 2. The zero-order valence-corrected chi connectivity index (χ0v) is 18.7. The molecular weight excluding hydrogens is 330 g/mol. The maximum absolute atomic E-state index is 8.31. The van der Waals surface area contributed by atoms with Crippen LogP contribution in [0.5, 0.6) is 0 Å². The van der Waals surface area contributed by atoms with Crippen LogP contribution in [0.4, 0.5) is 0 Å². The van der Waals surface area contributed by atoms with Crippen LogP contribution in [0.2, 0.25) is 0 Å². The summed E-state index contributed by atoms with van der Waals surface area (Å²) < 4.78 is 0. The van der Waals surface area contributed by atoms with Crippen LogP contribution in [0.15, 0.2) is 17.3 Å². The maximum Gasteiger partial charge on any atom is 0.113 e. The molecule has 1 fully saturated rings. The molecule has 0 bridgehead atoms. The van der Waals surface area contributed by atoms with E-state index in [0.29, 0.717) is 17.5 Å². The molecule has 152 valence electrons. The highest BCUT2D eigenvalue weighted by Crippen LogP contribution is 2.38. The van der Waals surface area contributed by atoms with Crippen molar-refractivity contribution in [1.82, 2.24) is 9.97 Å². The summed E-state index contributed by atoms with van der Waals surface area (Å²) in [5, 5.41) is 8.31. The minimum absolute atomic E-state index is 0.229. The zero-order chi connectivity index (χ0) is 20.1. The lowest BCUT2D eigenvalue weighted by atomic mass is 9.75. The molecule has 1 heterocycles. The lowest BCUT2D eigenvalue weighted by molar-refractivity contribution is 0.251. The summed E-state index contributed by atoms with van der Waals surface area (Å²) >= 11 is 0. The molecule has 0 radical (unpaired) electrons. The summed E-state index contributed by atoms with van der Waals surface area (Å²) in [6.07, 6.45) is 9.69. The number of aromatic nitrogens is 2. The molecule has 0 saturated heterocycles. The molecule has 0 aliphatic heterocycles. The largest absolute Gasteiger partial charge is 0.345 e. The summed E-state index contributed by atoms with van der Waals surface area (Å²) in [5.74, 6) is 3.94. The molecule has 0 aromatic carbocycles. The summed E-state index contributed by atoms with van der Waals surface area (Å²) in [6.45, 7) is 15.6. The molecule has 1 aliphatic rings. The normalized spacial score (nSPS) is 23.9. The fourth-order valence-corrected chi connectivity index (χ4v) is 5.05. The van der Waals surface area contributed by atoms with Crippen molar-refractivity contribution in [1.29, 1.82) is 5.41 Å². The molecule has 27 heavy (non-hydrogen) atoms. The average Bonchev–Trinajstić information content (AvgIpc) is 3.14. The summed E-state index contributed by atoms with van der Waals surface area (Å²) in [4.78, 5) is 8.42. The second-order valence-corrected chi connectivity index (χ2v) is 9.00. The number of hydrogen-bond donors (Lipinski definition) is 2. The van der Waals surface area contributed by atoms with Gasteiger partial charge in [-0.15, -0.1) is 0 Å². The fraction of sp³-hybridized carbons (Fsp3) is 0.750. The van der Waals surface area contributed by atoms with Crippen LogP contribution in [-0.4, -0.2) is 15.7 Å². The highest BCUT2D eigenvalue weighted by Gasteiger charge is 2.27. The van der Waals surface area contributed by atoms with E-state index in [4.69, 9.17) is 10.4 Å². The van der Waals surface area contributed by atoms with Gasteiger partial charge in [-0.1, -0.05) is 53.0 Å². The first kappa shape index (κ1) is 21.9. The molecule has 3 heteroatoms. The van der Waals surface area contributed by atoms with E-state index in [1.165, 1.54) is 42.5 Å². The highest BCUT2D eigenvalue weighted by molar-refractivity contribution is 5.97. The first-order valence-corrected chi connectivity index (χ1v) is 11.1. The Morgan fingerprint density at radius 1 is 1.22 bits per heavy atom. The van der Waals surface area contributed by atoms with Crippen molar-refractivity contribution in [3.8, 4) is 0 Å². The molecule has 2 rings (SSSR count). The van der Waals surface area contributed by atoms with Gasteiger partial charge in [0.15, 0.2) is 0 Å². The van der Waals surface area contributed by atoms with Gasteiger partial charge in [-0.3, -0.25) is 0 Å². The van der Waals surface area contributed by atoms with E-state index in [-0.39, 0.29) is 5.92 Å². The van der Waals surface area contributed by atoms with Gasteiger partial charge < -0.3 is 10.4 Å². The molecule has 1 aliphatic carbocycles. The third kappa shape index (κ3) is 5.12. The minimum Gasteiger partial charge on any atom is -0.345 e. The van der Waals surface area contributed by atoms with Crippen molar-refractivity contribution >= 4 is 5.71 Å². The van der Waals surface area contributed by atoms with Gasteiger partial charge in [0.25, 0.3) is 0 Å². The van der Waals surface area contributed by atoms with Gasteiger partial charge in [0.2, 0.25) is 0 Å². The van der Waals surface area contributed by atoms with E-state index in [1.54, 1.807) is 0 Å². The number of imidazole rings is 1. The molecule has 1 aromatic rings. The Balaban J connectivity index is 2.23. The highest BCUT2D eigenvalue weighted by atomic mass is 14.9. The predicted molar refractivity (Wildman–Crippen MR) is 117 cm³/mol. The molecule has 4 atom stereocenters. The smallest absolute Gasteiger partial charge is 0.113 e. The molecule has 4 unspecified atom stereocenters. The first-order valence-electron chi connectivity index (χ1n) is 11.1. The van der Waals surface area contributed by atoms with Crippen molar-refractivity contribution in [2.75, 3.05) is 0 Å². The predicted octanol–water partition coefficient (Wildman–Crippen LogP) is 7.24. The van der Waals surface area contributed by atoms with E-state index < -0.39 is 0 Å². The van der Waals surface area contributed by atoms with Gasteiger partial charge >= 0.3 is 0 Å². The Bertz CT molecular complexity index is 650. The SMILES string of the molecule is CCC(CC)/C(C(C)=N)=C(\C)C(C)c1ncc(C(C)C2CCCC(C)C2)[nH]1. The van der Waals surface area contributed by atoms with Gasteiger partial charge in [-0.05, 0) is 62.9 Å².